The van der Waals surface area contributed by atoms with Gasteiger partial charge in [-0.25, -0.2) is 9.55 Å². The Kier molecular flexibility index (Phi) is 5.91. The van der Waals surface area contributed by atoms with Crippen molar-refractivity contribution >= 4 is 23.2 Å². The van der Waals surface area contributed by atoms with Crippen LogP contribution in [0.25, 0.3) is 0 Å². The lowest BCUT2D eigenvalue weighted by Crippen LogP contribution is -2.39. The van der Waals surface area contributed by atoms with Gasteiger partial charge in [0.05, 0.1) is 6.33 Å². The van der Waals surface area contributed by atoms with Gasteiger partial charge in [-0.15, -0.1) is 0 Å². The Hall–Kier alpha value is -1.82. The van der Waals surface area contributed by atoms with Gasteiger partial charge in [-0.3, -0.25) is 9.88 Å². The van der Waals surface area contributed by atoms with Crippen molar-refractivity contribution in [2.45, 2.75) is 19.6 Å². The highest BCUT2D eigenvalue weighted by Crippen LogP contribution is 2.22. The Bertz CT molecular complexity index is 702. The number of halogens is 2. The van der Waals surface area contributed by atoms with Gasteiger partial charge in [0.1, 0.15) is 18.9 Å². The summed E-state index contributed by atoms with van der Waals surface area (Å²) in [5.74, 6) is 0. The molecule has 0 fully saturated rings. The molecule has 3 aromatic rings. The van der Waals surface area contributed by atoms with Crippen LogP contribution in [0.3, 0.4) is 0 Å². The summed E-state index contributed by atoms with van der Waals surface area (Å²) in [6, 6.07) is 5.68. The molecule has 2 aromatic heterocycles. The summed E-state index contributed by atoms with van der Waals surface area (Å²) in [7, 11) is 0. The van der Waals surface area contributed by atoms with Crippen molar-refractivity contribution in [2.75, 3.05) is 13.1 Å². The maximum Gasteiger partial charge on any atom is 0.241 e. The van der Waals surface area contributed by atoms with E-state index in [-0.39, 0.29) is 0 Å². The number of rotatable bonds is 8. The molecule has 3 rings (SSSR count). The third-order valence-electron chi connectivity index (χ3n) is 3.92. The molecule has 0 unspecified atom stereocenters. The van der Waals surface area contributed by atoms with E-state index in [1.165, 1.54) is 0 Å². The van der Waals surface area contributed by atoms with Gasteiger partial charge >= 0.3 is 0 Å². The number of imidazole rings is 2. The fourth-order valence-corrected chi connectivity index (χ4v) is 3.02. The van der Waals surface area contributed by atoms with Crippen LogP contribution in [0, 0.1) is 0 Å². The normalized spacial score (nSPS) is 11.3. The highest BCUT2D eigenvalue weighted by atomic mass is 35.5. The van der Waals surface area contributed by atoms with E-state index >= 15 is 0 Å². The largest absolute Gasteiger partial charge is 0.336 e. The standard InChI is InChI=1S/C17H19Cl2N5/c18-16-2-1-15(17(19)11-16)12-22(7-9-23-5-3-20-13-23)8-10-24-6-4-21-14-24/h1-6,11,13-14H,7-10,12H2/p+1. The Morgan fingerprint density at radius 2 is 2.17 bits per heavy atom. The van der Waals surface area contributed by atoms with Crippen LogP contribution in [-0.2, 0) is 19.6 Å². The molecule has 24 heavy (non-hydrogen) atoms. The van der Waals surface area contributed by atoms with Gasteiger partial charge in [-0.1, -0.05) is 29.3 Å². The van der Waals surface area contributed by atoms with Gasteiger partial charge in [0.25, 0.3) is 0 Å². The molecule has 126 valence electrons. The number of benzene rings is 1. The number of hydrogen-bond donors (Lipinski definition) is 1. The Balaban J connectivity index is 1.65. The molecule has 0 saturated heterocycles. The maximum atomic E-state index is 6.34. The zero-order valence-corrected chi connectivity index (χ0v) is 14.8. The first-order valence-corrected chi connectivity index (χ1v) is 8.60. The van der Waals surface area contributed by atoms with Crippen LogP contribution >= 0.6 is 23.2 Å². The topological polar surface area (TPSA) is 40.7 Å². The molecule has 2 heterocycles. The minimum absolute atomic E-state index is 0.664. The van der Waals surface area contributed by atoms with E-state index in [1.807, 2.05) is 43.4 Å². The summed E-state index contributed by atoms with van der Waals surface area (Å²) in [5, 5.41) is 1.38. The van der Waals surface area contributed by atoms with Crippen molar-refractivity contribution in [2.24, 2.45) is 0 Å². The first kappa shape index (κ1) is 17.0. The van der Waals surface area contributed by atoms with Gasteiger partial charge < -0.3 is 4.57 Å². The first-order valence-electron chi connectivity index (χ1n) is 7.84. The Labute approximate surface area is 151 Å². The Morgan fingerprint density at radius 1 is 1.25 bits per heavy atom. The highest BCUT2D eigenvalue weighted by Gasteiger charge is 2.11. The quantitative estimate of drug-likeness (QED) is 0.624. The third kappa shape index (κ3) is 4.84. The lowest BCUT2D eigenvalue weighted by Gasteiger charge is -2.22. The molecular formula is C17H20Cl2N5+. The van der Waals surface area contributed by atoms with Crippen LogP contribution in [0.15, 0.2) is 55.6 Å². The Morgan fingerprint density at radius 3 is 2.88 bits per heavy atom. The summed E-state index contributed by atoms with van der Waals surface area (Å²) in [6.07, 6.45) is 11.5. The van der Waals surface area contributed by atoms with Crippen molar-refractivity contribution < 1.29 is 4.57 Å². The van der Waals surface area contributed by atoms with Crippen molar-refractivity contribution in [3.63, 3.8) is 0 Å². The molecule has 0 amide bonds. The van der Waals surface area contributed by atoms with E-state index in [1.54, 1.807) is 12.3 Å². The van der Waals surface area contributed by atoms with E-state index in [0.717, 1.165) is 38.3 Å². The van der Waals surface area contributed by atoms with E-state index in [9.17, 15) is 0 Å². The summed E-state index contributed by atoms with van der Waals surface area (Å²) < 4.78 is 4.22. The number of hydrogen-bond acceptors (Lipinski definition) is 2. The molecule has 0 atom stereocenters. The van der Waals surface area contributed by atoms with Crippen LogP contribution in [-0.4, -0.2) is 32.5 Å². The second-order valence-corrected chi connectivity index (χ2v) is 6.51. The van der Waals surface area contributed by atoms with Crippen LogP contribution in [0.4, 0.5) is 0 Å². The predicted molar refractivity (Wildman–Crippen MR) is 95.0 cm³/mol. The molecule has 1 aromatic carbocycles. The van der Waals surface area contributed by atoms with Gasteiger partial charge in [-0.05, 0) is 17.7 Å². The maximum absolute atomic E-state index is 6.34. The summed E-state index contributed by atoms with van der Waals surface area (Å²) >= 11 is 12.3. The molecule has 1 N–H and O–H groups in total. The average molecular weight is 365 g/mol. The molecule has 0 aliphatic heterocycles. The number of H-pyrrole nitrogens is 1. The zero-order valence-electron chi connectivity index (χ0n) is 13.3. The predicted octanol–water partition coefficient (Wildman–Crippen LogP) is 3.01. The molecule has 0 radical (unpaired) electrons. The summed E-state index contributed by atoms with van der Waals surface area (Å²) in [4.78, 5) is 9.55. The first-order chi connectivity index (χ1) is 11.7. The van der Waals surface area contributed by atoms with E-state index < -0.39 is 0 Å². The van der Waals surface area contributed by atoms with Gasteiger partial charge in [0, 0.05) is 48.6 Å². The van der Waals surface area contributed by atoms with Crippen LogP contribution in [0.1, 0.15) is 5.56 Å². The van der Waals surface area contributed by atoms with Crippen molar-refractivity contribution in [3.05, 3.63) is 71.2 Å². The molecule has 5 nitrogen and oxygen atoms in total. The molecule has 0 saturated carbocycles. The van der Waals surface area contributed by atoms with Crippen LogP contribution in [0.5, 0.6) is 0 Å². The molecular weight excluding hydrogens is 345 g/mol. The molecule has 7 heteroatoms. The number of aromatic amines is 1. The monoisotopic (exact) mass is 364 g/mol. The van der Waals surface area contributed by atoms with Crippen LogP contribution in [0.2, 0.25) is 10.0 Å². The van der Waals surface area contributed by atoms with Crippen molar-refractivity contribution in [1.82, 2.24) is 19.4 Å². The molecule has 0 bridgehead atoms. The summed E-state index contributed by atoms with van der Waals surface area (Å²) in [5.41, 5.74) is 1.09. The minimum atomic E-state index is 0.664. The van der Waals surface area contributed by atoms with E-state index in [4.69, 9.17) is 23.2 Å². The smallest absolute Gasteiger partial charge is 0.241 e. The number of nitrogens with one attached hydrogen (secondary N) is 1. The second-order valence-electron chi connectivity index (χ2n) is 5.66. The second kappa shape index (κ2) is 8.33. The fraction of sp³-hybridized carbons (Fsp3) is 0.294. The number of aromatic nitrogens is 4. The molecule has 0 spiro atoms. The average Bonchev–Trinajstić information content (AvgIpc) is 3.26. The number of nitrogens with zero attached hydrogens (tertiary/aromatic N) is 4. The molecule has 0 aliphatic rings. The van der Waals surface area contributed by atoms with Crippen LogP contribution < -0.4 is 4.57 Å². The van der Waals surface area contributed by atoms with Gasteiger partial charge in [0.2, 0.25) is 6.33 Å². The summed E-state index contributed by atoms with van der Waals surface area (Å²) in [6.45, 7) is 4.44. The lowest BCUT2D eigenvalue weighted by molar-refractivity contribution is -0.695. The van der Waals surface area contributed by atoms with E-state index in [2.05, 4.69) is 24.0 Å². The zero-order chi connectivity index (χ0) is 16.8. The highest BCUT2D eigenvalue weighted by molar-refractivity contribution is 6.35. The molecule has 0 aliphatic carbocycles. The van der Waals surface area contributed by atoms with Gasteiger partial charge in [0.15, 0.2) is 0 Å². The lowest BCUT2D eigenvalue weighted by atomic mass is 10.2. The van der Waals surface area contributed by atoms with Crippen molar-refractivity contribution in [1.29, 1.82) is 0 Å². The van der Waals surface area contributed by atoms with E-state index in [0.29, 0.717) is 10.0 Å². The van der Waals surface area contributed by atoms with Crippen molar-refractivity contribution in [3.8, 4) is 0 Å². The third-order valence-corrected chi connectivity index (χ3v) is 4.51. The SMILES string of the molecule is Clc1ccc(CN(CCn2ccnc2)CC[n+]2cc[nH]c2)c(Cl)c1. The fourth-order valence-electron chi connectivity index (χ4n) is 2.55. The van der Waals surface area contributed by atoms with Gasteiger partial charge in [-0.2, -0.15) is 0 Å². The minimum Gasteiger partial charge on any atom is -0.336 e.